The van der Waals surface area contributed by atoms with Gasteiger partial charge in [-0.2, -0.15) is 0 Å². The second-order valence-electron chi connectivity index (χ2n) is 5.10. The van der Waals surface area contributed by atoms with Gasteiger partial charge in [-0.1, -0.05) is 38.1 Å². The molecule has 0 saturated carbocycles. The van der Waals surface area contributed by atoms with Crippen LogP contribution in [0.3, 0.4) is 0 Å². The molecule has 1 aromatic heterocycles. The molecule has 1 heterocycles. The van der Waals surface area contributed by atoms with Crippen LogP contribution in [0.5, 0.6) is 0 Å². The summed E-state index contributed by atoms with van der Waals surface area (Å²) in [7, 11) is 0. The Balaban J connectivity index is 2.30. The van der Waals surface area contributed by atoms with E-state index in [1.807, 2.05) is 18.3 Å². The van der Waals surface area contributed by atoms with Crippen LogP contribution in [-0.2, 0) is 6.54 Å². The standard InChI is InChI=1S/C17H23N3/c1-4-20(16-10-6-5-7-11-16)17-15(9-8-12-18-17)13-19-14(2)3/h5-12,14,19H,4,13H2,1-3H3. The lowest BCUT2D eigenvalue weighted by atomic mass is 10.2. The van der Waals surface area contributed by atoms with Gasteiger partial charge in [0.15, 0.2) is 0 Å². The molecule has 0 unspecified atom stereocenters. The fourth-order valence-electron chi connectivity index (χ4n) is 2.19. The number of para-hydroxylation sites is 1. The van der Waals surface area contributed by atoms with E-state index in [9.17, 15) is 0 Å². The molecule has 2 rings (SSSR count). The van der Waals surface area contributed by atoms with E-state index in [1.54, 1.807) is 0 Å². The van der Waals surface area contributed by atoms with Gasteiger partial charge in [0.25, 0.3) is 0 Å². The van der Waals surface area contributed by atoms with Gasteiger partial charge in [0.05, 0.1) is 0 Å². The van der Waals surface area contributed by atoms with Crippen molar-refractivity contribution in [2.24, 2.45) is 0 Å². The number of nitrogens with zero attached hydrogens (tertiary/aromatic N) is 2. The van der Waals surface area contributed by atoms with Crippen LogP contribution >= 0.6 is 0 Å². The molecule has 106 valence electrons. The minimum Gasteiger partial charge on any atom is -0.326 e. The molecule has 3 nitrogen and oxygen atoms in total. The zero-order chi connectivity index (χ0) is 14.4. The summed E-state index contributed by atoms with van der Waals surface area (Å²) in [6.45, 7) is 8.21. The van der Waals surface area contributed by atoms with Gasteiger partial charge in [-0.3, -0.25) is 0 Å². The third-order valence-electron chi connectivity index (χ3n) is 3.21. The lowest BCUT2D eigenvalue weighted by Gasteiger charge is -2.25. The number of rotatable bonds is 6. The van der Waals surface area contributed by atoms with Crippen LogP contribution in [0.25, 0.3) is 0 Å². The van der Waals surface area contributed by atoms with Crippen LogP contribution < -0.4 is 10.2 Å². The molecule has 0 fully saturated rings. The third-order valence-corrected chi connectivity index (χ3v) is 3.21. The Bertz CT molecular complexity index is 523. The highest BCUT2D eigenvalue weighted by Crippen LogP contribution is 2.25. The molecule has 1 N–H and O–H groups in total. The molecule has 0 spiro atoms. The minimum absolute atomic E-state index is 0.467. The number of hydrogen-bond acceptors (Lipinski definition) is 3. The van der Waals surface area contributed by atoms with Crippen molar-refractivity contribution < 1.29 is 0 Å². The number of nitrogens with one attached hydrogen (secondary N) is 1. The molecule has 0 aliphatic heterocycles. The van der Waals surface area contributed by atoms with Gasteiger partial charge in [0, 0.05) is 36.6 Å². The fourth-order valence-corrected chi connectivity index (χ4v) is 2.19. The van der Waals surface area contributed by atoms with Crippen molar-refractivity contribution in [2.45, 2.75) is 33.4 Å². The first-order valence-corrected chi connectivity index (χ1v) is 7.22. The van der Waals surface area contributed by atoms with Crippen molar-refractivity contribution in [3.63, 3.8) is 0 Å². The number of anilines is 2. The maximum Gasteiger partial charge on any atom is 0.137 e. The topological polar surface area (TPSA) is 28.2 Å². The van der Waals surface area contributed by atoms with E-state index >= 15 is 0 Å². The monoisotopic (exact) mass is 269 g/mol. The highest BCUT2D eigenvalue weighted by atomic mass is 15.2. The van der Waals surface area contributed by atoms with Crippen molar-refractivity contribution in [3.05, 3.63) is 54.2 Å². The van der Waals surface area contributed by atoms with Gasteiger partial charge < -0.3 is 10.2 Å². The molecule has 0 aliphatic rings. The van der Waals surface area contributed by atoms with Gasteiger partial charge in [-0.25, -0.2) is 4.98 Å². The average Bonchev–Trinajstić information content (AvgIpc) is 2.48. The highest BCUT2D eigenvalue weighted by Gasteiger charge is 2.12. The second-order valence-corrected chi connectivity index (χ2v) is 5.10. The normalized spacial score (nSPS) is 10.8. The average molecular weight is 269 g/mol. The summed E-state index contributed by atoms with van der Waals surface area (Å²) in [4.78, 5) is 6.84. The first-order valence-electron chi connectivity index (χ1n) is 7.22. The molecule has 0 saturated heterocycles. The van der Waals surface area contributed by atoms with Gasteiger partial charge >= 0.3 is 0 Å². The zero-order valence-corrected chi connectivity index (χ0v) is 12.5. The Morgan fingerprint density at radius 1 is 1.10 bits per heavy atom. The van der Waals surface area contributed by atoms with Gasteiger partial charge in [0.1, 0.15) is 5.82 Å². The van der Waals surface area contributed by atoms with Gasteiger partial charge in [0.2, 0.25) is 0 Å². The molecule has 2 aromatic rings. The Labute approximate surface area is 121 Å². The van der Waals surface area contributed by atoms with Crippen molar-refractivity contribution in [2.75, 3.05) is 11.4 Å². The first-order chi connectivity index (χ1) is 9.72. The Hall–Kier alpha value is -1.87. The maximum atomic E-state index is 4.59. The number of benzene rings is 1. The van der Waals surface area contributed by atoms with Crippen molar-refractivity contribution >= 4 is 11.5 Å². The predicted octanol–water partition coefficient (Wildman–Crippen LogP) is 3.74. The van der Waals surface area contributed by atoms with Crippen molar-refractivity contribution in [3.8, 4) is 0 Å². The van der Waals surface area contributed by atoms with E-state index < -0.39 is 0 Å². The Morgan fingerprint density at radius 2 is 1.85 bits per heavy atom. The Kier molecular flexibility index (Phi) is 5.13. The molecule has 20 heavy (non-hydrogen) atoms. The molecule has 3 heteroatoms. The molecular formula is C17H23N3. The van der Waals surface area contributed by atoms with Crippen molar-refractivity contribution in [1.82, 2.24) is 10.3 Å². The van der Waals surface area contributed by atoms with Gasteiger partial charge in [-0.05, 0) is 25.1 Å². The van der Waals surface area contributed by atoms with E-state index in [-0.39, 0.29) is 0 Å². The van der Waals surface area contributed by atoms with Crippen molar-refractivity contribution in [1.29, 1.82) is 0 Å². The molecule has 0 amide bonds. The van der Waals surface area contributed by atoms with Crippen LogP contribution in [0.15, 0.2) is 48.7 Å². The molecular weight excluding hydrogens is 246 g/mol. The number of pyridine rings is 1. The number of aromatic nitrogens is 1. The Morgan fingerprint density at radius 3 is 2.50 bits per heavy atom. The number of hydrogen-bond donors (Lipinski definition) is 1. The lowest BCUT2D eigenvalue weighted by Crippen LogP contribution is -2.25. The van der Waals surface area contributed by atoms with E-state index in [2.05, 4.69) is 66.3 Å². The highest BCUT2D eigenvalue weighted by molar-refractivity contribution is 5.62. The van der Waals surface area contributed by atoms with E-state index in [0.29, 0.717) is 6.04 Å². The minimum atomic E-state index is 0.467. The smallest absolute Gasteiger partial charge is 0.137 e. The van der Waals surface area contributed by atoms with E-state index in [0.717, 1.165) is 18.9 Å². The molecule has 0 aliphatic carbocycles. The summed E-state index contributed by atoms with van der Waals surface area (Å²) in [6.07, 6.45) is 1.86. The predicted molar refractivity (Wildman–Crippen MR) is 85.3 cm³/mol. The van der Waals surface area contributed by atoms with Crippen LogP contribution in [0.4, 0.5) is 11.5 Å². The summed E-state index contributed by atoms with van der Waals surface area (Å²) in [5.74, 6) is 1.04. The maximum absolute atomic E-state index is 4.59. The van der Waals surface area contributed by atoms with Crippen LogP contribution in [0, 0.1) is 0 Å². The van der Waals surface area contributed by atoms with Crippen LogP contribution in [0.1, 0.15) is 26.3 Å². The molecule has 0 bridgehead atoms. The fraction of sp³-hybridized carbons (Fsp3) is 0.353. The molecule has 0 radical (unpaired) electrons. The lowest BCUT2D eigenvalue weighted by molar-refractivity contribution is 0.588. The first kappa shape index (κ1) is 14.5. The molecule has 1 aromatic carbocycles. The summed E-state index contributed by atoms with van der Waals surface area (Å²) >= 11 is 0. The summed E-state index contributed by atoms with van der Waals surface area (Å²) in [6, 6.07) is 15.0. The van der Waals surface area contributed by atoms with E-state index in [1.165, 1.54) is 11.3 Å². The third kappa shape index (κ3) is 3.58. The molecule has 0 atom stereocenters. The zero-order valence-electron chi connectivity index (χ0n) is 12.5. The van der Waals surface area contributed by atoms with Crippen LogP contribution in [-0.4, -0.2) is 17.6 Å². The van der Waals surface area contributed by atoms with Crippen LogP contribution in [0.2, 0.25) is 0 Å². The quantitative estimate of drug-likeness (QED) is 0.866. The largest absolute Gasteiger partial charge is 0.326 e. The second kappa shape index (κ2) is 7.06. The SMILES string of the molecule is CCN(c1ccccc1)c1ncccc1CNC(C)C. The summed E-state index contributed by atoms with van der Waals surface area (Å²) < 4.78 is 0. The van der Waals surface area contributed by atoms with Gasteiger partial charge in [-0.15, -0.1) is 0 Å². The summed E-state index contributed by atoms with van der Waals surface area (Å²) in [5, 5.41) is 3.47. The summed E-state index contributed by atoms with van der Waals surface area (Å²) in [5.41, 5.74) is 2.41. The van der Waals surface area contributed by atoms with E-state index in [4.69, 9.17) is 0 Å².